The fourth-order valence-electron chi connectivity index (χ4n) is 4.99. The second-order valence-electron chi connectivity index (χ2n) is 10.1. The number of ether oxygens (including phenoxy) is 1. The van der Waals surface area contributed by atoms with Crippen LogP contribution in [0.15, 0.2) is 36.4 Å². The molecular weight excluding hydrogens is 499 g/mol. The molecule has 2 aromatic heterocycles. The fourth-order valence-corrected chi connectivity index (χ4v) is 4.99. The third kappa shape index (κ3) is 8.31. The average Bonchev–Trinajstić information content (AvgIpc) is 2.92. The lowest BCUT2D eigenvalue weighted by molar-refractivity contribution is -0.138. The number of nitrogens with one attached hydrogen (secondary N) is 2. The van der Waals surface area contributed by atoms with E-state index in [1.807, 2.05) is 29.2 Å². The van der Waals surface area contributed by atoms with Crippen molar-refractivity contribution >= 4 is 28.5 Å². The number of aliphatic carboxylic acids is 1. The van der Waals surface area contributed by atoms with Crippen molar-refractivity contribution in [3.63, 3.8) is 0 Å². The van der Waals surface area contributed by atoms with E-state index < -0.39 is 18.2 Å². The van der Waals surface area contributed by atoms with Gasteiger partial charge >= 0.3 is 5.97 Å². The van der Waals surface area contributed by atoms with E-state index in [2.05, 4.69) is 32.7 Å². The van der Waals surface area contributed by atoms with E-state index in [4.69, 9.17) is 9.72 Å². The summed E-state index contributed by atoms with van der Waals surface area (Å²) in [7, 11) is 1.48. The molecule has 1 aliphatic rings. The molecule has 0 spiro atoms. The maximum Gasteiger partial charge on any atom is 0.326 e. The summed E-state index contributed by atoms with van der Waals surface area (Å²) in [4.78, 5) is 27.8. The molecule has 210 valence electrons. The molecule has 39 heavy (non-hydrogen) atoms. The predicted octanol–water partition coefficient (Wildman–Crippen LogP) is 4.26. The molecule has 10 heteroatoms. The van der Waals surface area contributed by atoms with Gasteiger partial charge < -0.3 is 25.4 Å². The van der Waals surface area contributed by atoms with Crippen LogP contribution in [0, 0.1) is 6.92 Å². The Balaban J connectivity index is 1.35. The molecule has 0 amide bonds. The third-order valence-corrected chi connectivity index (χ3v) is 6.97. The minimum absolute atomic E-state index is 0.00928. The van der Waals surface area contributed by atoms with E-state index >= 15 is 0 Å². The van der Waals surface area contributed by atoms with Crippen molar-refractivity contribution in [2.45, 2.75) is 57.7 Å². The number of fused-ring (bicyclic) bond motifs is 2. The van der Waals surface area contributed by atoms with Crippen LogP contribution >= 0.6 is 0 Å². The van der Waals surface area contributed by atoms with E-state index in [-0.39, 0.29) is 13.2 Å². The summed E-state index contributed by atoms with van der Waals surface area (Å²) in [5.41, 5.74) is 3.08. The molecule has 3 N–H and O–H groups in total. The number of benzene rings is 1. The summed E-state index contributed by atoms with van der Waals surface area (Å²) in [5.74, 6) is 1.08. The molecular formula is C29H39FN6O3. The summed E-state index contributed by atoms with van der Waals surface area (Å²) in [6.45, 7) is 4.03. The Morgan fingerprint density at radius 1 is 1.18 bits per heavy atom. The molecule has 2 atom stereocenters. The smallest absolute Gasteiger partial charge is 0.326 e. The monoisotopic (exact) mass is 538 g/mol. The highest BCUT2D eigenvalue weighted by Gasteiger charge is 2.22. The lowest BCUT2D eigenvalue weighted by Gasteiger charge is -2.26. The van der Waals surface area contributed by atoms with Crippen LogP contribution in [0.3, 0.4) is 0 Å². The molecule has 3 aromatic rings. The van der Waals surface area contributed by atoms with Gasteiger partial charge in [0.15, 0.2) is 0 Å². The van der Waals surface area contributed by atoms with Crippen LogP contribution in [0.4, 0.5) is 16.0 Å². The highest BCUT2D eigenvalue weighted by molar-refractivity contribution is 5.90. The first-order chi connectivity index (χ1) is 18.9. The molecule has 0 fully saturated rings. The zero-order chi connectivity index (χ0) is 27.6. The van der Waals surface area contributed by atoms with Gasteiger partial charge in [-0.2, -0.15) is 0 Å². The summed E-state index contributed by atoms with van der Waals surface area (Å²) >= 11 is 0. The highest BCUT2D eigenvalue weighted by Crippen LogP contribution is 2.22. The Labute approximate surface area is 229 Å². The first-order valence-electron chi connectivity index (χ1n) is 13.7. The minimum atomic E-state index is -1.15. The normalized spacial score (nSPS) is 14.6. The van der Waals surface area contributed by atoms with Crippen molar-refractivity contribution < 1.29 is 19.0 Å². The van der Waals surface area contributed by atoms with Crippen molar-refractivity contribution in [1.29, 1.82) is 0 Å². The largest absolute Gasteiger partial charge is 0.480 e. The van der Waals surface area contributed by atoms with E-state index in [0.717, 1.165) is 61.1 Å². The van der Waals surface area contributed by atoms with Gasteiger partial charge in [-0.15, -0.1) is 0 Å². The number of hydrogen-bond acceptors (Lipinski definition) is 8. The number of halogens is 1. The lowest BCUT2D eigenvalue weighted by Crippen LogP contribution is -2.39. The second kappa shape index (κ2) is 14.1. The van der Waals surface area contributed by atoms with E-state index in [1.165, 1.54) is 12.7 Å². The van der Waals surface area contributed by atoms with Crippen LogP contribution in [-0.2, 0) is 22.4 Å². The third-order valence-electron chi connectivity index (χ3n) is 6.97. The van der Waals surface area contributed by atoms with Crippen molar-refractivity contribution in [3.8, 4) is 0 Å². The van der Waals surface area contributed by atoms with Gasteiger partial charge in [0.2, 0.25) is 0 Å². The number of rotatable bonds is 15. The standard InChI is InChI=1S/C29H39FN6O3/c1-20-32-25-11-4-3-10-24(25)28(33-20)35-26(29(37)38)14-17-36(18-22(30)19-39-2)16-6-5-9-23-13-12-21-8-7-15-31-27(21)34-23/h3-4,10-13,22,26H,5-9,14-19H2,1-2H3,(H,31,34)(H,37,38)(H,32,33,35)/t22-,26-/m0/s1. The van der Waals surface area contributed by atoms with Crippen LogP contribution < -0.4 is 10.6 Å². The van der Waals surface area contributed by atoms with Gasteiger partial charge in [-0.1, -0.05) is 18.2 Å². The van der Waals surface area contributed by atoms with Crippen molar-refractivity contribution in [1.82, 2.24) is 19.9 Å². The number of hydrogen-bond donors (Lipinski definition) is 3. The van der Waals surface area contributed by atoms with Crippen molar-refractivity contribution in [2.24, 2.45) is 0 Å². The molecule has 0 radical (unpaired) electrons. The molecule has 1 aliphatic heterocycles. The molecule has 4 rings (SSSR count). The number of carboxylic acid groups (broad SMARTS) is 1. The Bertz CT molecular complexity index is 1240. The van der Waals surface area contributed by atoms with E-state index in [0.29, 0.717) is 31.2 Å². The maximum absolute atomic E-state index is 14.5. The number of carbonyl (C=O) groups is 1. The number of nitrogens with zero attached hydrogens (tertiary/aromatic N) is 4. The van der Waals surface area contributed by atoms with Gasteiger partial charge in [-0.3, -0.25) is 0 Å². The van der Waals surface area contributed by atoms with Crippen LogP contribution in [0.1, 0.15) is 42.8 Å². The molecule has 3 heterocycles. The Morgan fingerprint density at radius 2 is 2.03 bits per heavy atom. The van der Waals surface area contributed by atoms with Gasteiger partial charge in [0.25, 0.3) is 0 Å². The fraction of sp³-hybridized carbons (Fsp3) is 0.517. The van der Waals surface area contributed by atoms with Crippen LogP contribution in [-0.4, -0.2) is 83.0 Å². The number of aryl methyl sites for hydroxylation is 3. The molecule has 1 aromatic carbocycles. The molecule has 0 saturated heterocycles. The van der Waals surface area contributed by atoms with Gasteiger partial charge in [0.1, 0.15) is 29.7 Å². The summed E-state index contributed by atoms with van der Waals surface area (Å²) in [5, 5.41) is 17.2. The highest BCUT2D eigenvalue weighted by atomic mass is 19.1. The quantitative estimate of drug-likeness (QED) is 0.244. The van der Waals surface area contributed by atoms with Gasteiger partial charge in [-0.05, 0) is 75.8 Å². The Morgan fingerprint density at radius 3 is 2.85 bits per heavy atom. The summed E-state index contributed by atoms with van der Waals surface area (Å²) < 4.78 is 19.5. The minimum Gasteiger partial charge on any atom is -0.480 e. The Kier molecular flexibility index (Phi) is 10.4. The lowest BCUT2D eigenvalue weighted by atomic mass is 10.1. The topological polar surface area (TPSA) is 113 Å². The van der Waals surface area contributed by atoms with Crippen LogP contribution in [0.25, 0.3) is 10.9 Å². The number of carboxylic acids is 1. The predicted molar refractivity (Wildman–Crippen MR) is 151 cm³/mol. The molecule has 9 nitrogen and oxygen atoms in total. The van der Waals surface area contributed by atoms with Crippen molar-refractivity contribution in [3.05, 3.63) is 53.5 Å². The van der Waals surface area contributed by atoms with E-state index in [1.54, 1.807) is 6.92 Å². The zero-order valence-electron chi connectivity index (χ0n) is 22.8. The van der Waals surface area contributed by atoms with Gasteiger partial charge in [-0.25, -0.2) is 24.1 Å². The average molecular weight is 539 g/mol. The Hall–Kier alpha value is -3.37. The number of para-hydroxylation sites is 1. The SMILES string of the molecule is COC[C@@H](F)CN(CCCCc1ccc2c(n1)NCCC2)CC[C@H](Nc1nc(C)nc2ccccc12)C(=O)O. The van der Waals surface area contributed by atoms with Crippen LogP contribution in [0.5, 0.6) is 0 Å². The summed E-state index contributed by atoms with van der Waals surface area (Å²) in [6.07, 6.45) is 3.96. The number of pyridine rings is 1. The first kappa shape index (κ1) is 28.6. The number of methoxy groups -OCH3 is 1. The molecule has 0 bridgehead atoms. The number of aromatic nitrogens is 3. The second-order valence-corrected chi connectivity index (χ2v) is 10.1. The summed E-state index contributed by atoms with van der Waals surface area (Å²) in [6, 6.07) is 10.9. The van der Waals surface area contributed by atoms with E-state index in [9.17, 15) is 14.3 Å². The molecule has 0 unspecified atom stereocenters. The van der Waals surface area contributed by atoms with Gasteiger partial charge in [0, 0.05) is 37.8 Å². The number of alkyl halides is 1. The van der Waals surface area contributed by atoms with Crippen molar-refractivity contribution in [2.75, 3.05) is 50.5 Å². The molecule has 0 aliphatic carbocycles. The number of unbranched alkanes of at least 4 members (excludes halogenated alkanes) is 1. The maximum atomic E-state index is 14.5. The van der Waals surface area contributed by atoms with Gasteiger partial charge in [0.05, 0.1) is 12.1 Å². The molecule has 0 saturated carbocycles. The zero-order valence-corrected chi connectivity index (χ0v) is 22.8. The van der Waals surface area contributed by atoms with Crippen LogP contribution in [0.2, 0.25) is 0 Å². The number of anilines is 2. The first-order valence-corrected chi connectivity index (χ1v) is 13.7.